The Balaban J connectivity index is 0.00000264. The van der Waals surface area contributed by atoms with Crippen molar-refractivity contribution in [3.05, 3.63) is 48.5 Å². The molecule has 0 aliphatic carbocycles. The van der Waals surface area contributed by atoms with Crippen molar-refractivity contribution in [1.82, 2.24) is 0 Å². The first kappa shape index (κ1) is 19.4. The van der Waals surface area contributed by atoms with Gasteiger partial charge in [-0.2, -0.15) is 0 Å². The summed E-state index contributed by atoms with van der Waals surface area (Å²) in [6, 6.07) is 15.3. The predicted octanol–water partition coefficient (Wildman–Crippen LogP) is 3.11. The molecule has 0 saturated heterocycles. The summed E-state index contributed by atoms with van der Waals surface area (Å²) in [5.41, 5.74) is 1.82. The number of hydrogen-bond donors (Lipinski definition) is 2. The van der Waals surface area contributed by atoms with Crippen LogP contribution in [-0.4, -0.2) is 38.1 Å². The molecule has 0 aromatic heterocycles. The molecular weight excluding hydrogens is 366 g/mol. The molecule has 0 heterocycles. The van der Waals surface area contributed by atoms with E-state index in [2.05, 4.69) is 10.6 Å². The van der Waals surface area contributed by atoms with E-state index in [0.29, 0.717) is 18.3 Å². The van der Waals surface area contributed by atoms with Crippen LogP contribution in [0.1, 0.15) is 13.8 Å². The zero-order chi connectivity index (χ0) is 15.8. The van der Waals surface area contributed by atoms with Gasteiger partial charge in [-0.15, -0.1) is 0 Å². The molecule has 0 aliphatic heterocycles. The van der Waals surface area contributed by atoms with Gasteiger partial charge in [0.25, 0.3) is 0 Å². The molecule has 0 aliphatic rings. The van der Waals surface area contributed by atoms with Crippen molar-refractivity contribution in [1.29, 1.82) is 0 Å². The number of anilines is 2. The van der Waals surface area contributed by atoms with Crippen molar-refractivity contribution in [3.63, 3.8) is 0 Å². The van der Waals surface area contributed by atoms with E-state index in [-0.39, 0.29) is 19.8 Å². The number of nitrogens with one attached hydrogen (secondary N) is 2. The number of thiocarbonyl (C=S) groups is 1. The van der Waals surface area contributed by atoms with E-state index in [1.807, 2.05) is 62.4 Å². The molecule has 6 heteroatoms. The van der Waals surface area contributed by atoms with Crippen LogP contribution in [-0.2, 0) is 0 Å². The Morgan fingerprint density at radius 3 is 1.43 bits per heavy atom. The summed E-state index contributed by atoms with van der Waals surface area (Å²) >= 11 is 5.30. The van der Waals surface area contributed by atoms with Gasteiger partial charge in [-0.25, -0.2) is 0 Å². The van der Waals surface area contributed by atoms with Crippen LogP contribution in [0.4, 0.5) is 11.4 Å². The van der Waals surface area contributed by atoms with Crippen molar-refractivity contribution >= 4 is 48.5 Å². The average molecular weight is 389 g/mol. The van der Waals surface area contributed by atoms with Crippen LogP contribution >= 0.6 is 12.2 Å². The molecule has 0 amide bonds. The molecule has 4 nitrogen and oxygen atoms in total. The third kappa shape index (κ3) is 6.56. The average Bonchev–Trinajstić information content (AvgIpc) is 2.52. The molecule has 0 radical (unpaired) electrons. The van der Waals surface area contributed by atoms with Gasteiger partial charge in [0.2, 0.25) is 0 Å². The van der Waals surface area contributed by atoms with Gasteiger partial charge < -0.3 is 20.1 Å². The Hall–Kier alpha value is -1.63. The van der Waals surface area contributed by atoms with Gasteiger partial charge in [0.15, 0.2) is 5.11 Å². The summed E-state index contributed by atoms with van der Waals surface area (Å²) in [5, 5.41) is 6.80. The zero-order valence-corrected chi connectivity index (χ0v) is 13.6. The molecule has 0 unspecified atom stereocenters. The number of rotatable bonds is 6. The van der Waals surface area contributed by atoms with Crippen LogP contribution in [0.3, 0.4) is 0 Å². The van der Waals surface area contributed by atoms with Crippen LogP contribution in [0.15, 0.2) is 48.5 Å². The van der Waals surface area contributed by atoms with Gasteiger partial charge >= 0.3 is 19.8 Å². The van der Waals surface area contributed by atoms with Gasteiger partial charge in [-0.1, -0.05) is 0 Å². The first-order chi connectivity index (χ1) is 10.7. The summed E-state index contributed by atoms with van der Waals surface area (Å²) in [5.74, 6) is 1.69. The third-order valence-electron chi connectivity index (χ3n) is 2.85. The summed E-state index contributed by atoms with van der Waals surface area (Å²) in [6.07, 6.45) is 0. The fourth-order valence-electron chi connectivity index (χ4n) is 1.90. The van der Waals surface area contributed by atoms with Gasteiger partial charge in [-0.3, -0.25) is 0 Å². The van der Waals surface area contributed by atoms with E-state index in [1.165, 1.54) is 0 Å². The summed E-state index contributed by atoms with van der Waals surface area (Å²) in [4.78, 5) is 0. The zero-order valence-electron chi connectivity index (χ0n) is 12.8. The molecule has 2 aromatic carbocycles. The quantitative estimate of drug-likeness (QED) is 0.587. The second-order valence-corrected chi connectivity index (χ2v) is 4.90. The van der Waals surface area contributed by atoms with Gasteiger partial charge in [0, 0.05) is 11.4 Å². The van der Waals surface area contributed by atoms with Crippen LogP contribution in [0.25, 0.3) is 0 Å². The van der Waals surface area contributed by atoms with E-state index in [9.17, 15) is 0 Å². The Morgan fingerprint density at radius 1 is 0.783 bits per heavy atom. The predicted molar refractivity (Wildman–Crippen MR) is 105 cm³/mol. The van der Waals surface area contributed by atoms with E-state index in [1.54, 1.807) is 0 Å². The van der Waals surface area contributed by atoms with E-state index in [4.69, 9.17) is 21.7 Å². The standard InChI is InChI=1S/C17H20N2O2S.Ga.3H/c1-3-20-15-9-5-13(6-10-15)18-17(22)19-14-7-11-16(12-8-14)21-4-2;;;;/h5-12H,3-4H2,1-2H3,(H2,18,19,22);;;;. The molecular formula is C17H23GaN2O2S. The molecule has 122 valence electrons. The van der Waals surface area contributed by atoms with E-state index >= 15 is 0 Å². The fourth-order valence-corrected chi connectivity index (χ4v) is 2.13. The normalized spacial score (nSPS) is 9.48. The first-order valence-electron chi connectivity index (χ1n) is 7.25. The van der Waals surface area contributed by atoms with E-state index < -0.39 is 0 Å². The van der Waals surface area contributed by atoms with Crippen molar-refractivity contribution in [2.45, 2.75) is 13.8 Å². The van der Waals surface area contributed by atoms with Crippen LogP contribution in [0.2, 0.25) is 0 Å². The molecule has 0 fully saturated rings. The van der Waals surface area contributed by atoms with E-state index in [0.717, 1.165) is 22.9 Å². The van der Waals surface area contributed by atoms with Crippen molar-refractivity contribution in [3.8, 4) is 11.5 Å². The number of benzene rings is 2. The van der Waals surface area contributed by atoms with Gasteiger partial charge in [0.05, 0.1) is 13.2 Å². The third-order valence-corrected chi connectivity index (χ3v) is 3.05. The Bertz CT molecular complexity index is 549. The summed E-state index contributed by atoms with van der Waals surface area (Å²) < 4.78 is 10.8. The Morgan fingerprint density at radius 2 is 1.13 bits per heavy atom. The minimum absolute atomic E-state index is 0. The number of ether oxygens (including phenoxy) is 2. The summed E-state index contributed by atoms with van der Waals surface area (Å²) in [7, 11) is 0. The van der Waals surface area contributed by atoms with Crippen molar-refractivity contribution in [2.75, 3.05) is 23.8 Å². The van der Waals surface area contributed by atoms with Gasteiger partial charge in [-0.05, 0) is 74.6 Å². The van der Waals surface area contributed by atoms with Gasteiger partial charge in [0.1, 0.15) is 11.5 Å². The van der Waals surface area contributed by atoms with Crippen LogP contribution in [0, 0.1) is 0 Å². The fraction of sp³-hybridized carbons (Fsp3) is 0.235. The second kappa shape index (κ2) is 10.2. The van der Waals surface area contributed by atoms with Crippen molar-refractivity contribution < 1.29 is 9.47 Å². The molecule has 23 heavy (non-hydrogen) atoms. The Labute approximate surface area is 155 Å². The molecule has 2 N–H and O–H groups in total. The second-order valence-electron chi connectivity index (χ2n) is 4.49. The molecule has 2 rings (SSSR count). The minimum atomic E-state index is 0. The van der Waals surface area contributed by atoms with Crippen LogP contribution < -0.4 is 20.1 Å². The monoisotopic (exact) mass is 388 g/mol. The topological polar surface area (TPSA) is 42.5 Å². The summed E-state index contributed by atoms with van der Waals surface area (Å²) in [6.45, 7) is 5.24. The van der Waals surface area contributed by atoms with Crippen molar-refractivity contribution in [2.24, 2.45) is 0 Å². The van der Waals surface area contributed by atoms with Crippen LogP contribution in [0.5, 0.6) is 11.5 Å². The SMILES string of the molecule is CCOc1ccc(NC(=S)Nc2ccc(OCC)cc2)cc1.[GaH3]. The Kier molecular flexibility index (Phi) is 8.61. The molecule has 0 bridgehead atoms. The molecule has 2 aromatic rings. The first-order valence-corrected chi connectivity index (χ1v) is 7.65. The maximum absolute atomic E-state index is 5.40. The molecule has 0 saturated carbocycles. The number of hydrogen-bond acceptors (Lipinski definition) is 3. The molecule has 0 spiro atoms. The maximum atomic E-state index is 5.40. The molecule has 0 atom stereocenters.